The van der Waals surface area contributed by atoms with Crippen molar-refractivity contribution in [2.75, 3.05) is 26.2 Å². The zero-order valence-electron chi connectivity index (χ0n) is 11.2. The zero-order chi connectivity index (χ0) is 12.1. The monoisotopic (exact) mass is 240 g/mol. The number of aliphatic hydroxyl groups is 1. The maximum atomic E-state index is 9.43. The summed E-state index contributed by atoms with van der Waals surface area (Å²) in [5.41, 5.74) is 0. The fourth-order valence-electron chi connectivity index (χ4n) is 3.18. The van der Waals surface area contributed by atoms with Crippen LogP contribution in [0.4, 0.5) is 0 Å². The molecular weight excluding hydrogens is 212 g/mol. The van der Waals surface area contributed by atoms with Crippen molar-refractivity contribution in [3.8, 4) is 0 Å². The maximum Gasteiger partial charge on any atom is 0.0564 e. The zero-order valence-corrected chi connectivity index (χ0v) is 11.2. The Hall–Kier alpha value is -0.120. The van der Waals surface area contributed by atoms with Crippen molar-refractivity contribution < 1.29 is 5.11 Å². The molecule has 3 heteroatoms. The summed E-state index contributed by atoms with van der Waals surface area (Å²) in [5.74, 6) is 0.875. The van der Waals surface area contributed by atoms with Gasteiger partial charge in [-0.25, -0.2) is 0 Å². The molecule has 0 amide bonds. The van der Waals surface area contributed by atoms with Gasteiger partial charge in [-0.05, 0) is 51.1 Å². The SMILES string of the molecule is CC1CCCC1NCCCN1CCC(O)CC1. The van der Waals surface area contributed by atoms with Crippen LogP contribution in [0.25, 0.3) is 0 Å². The van der Waals surface area contributed by atoms with Gasteiger partial charge in [-0.3, -0.25) is 0 Å². The Bertz CT molecular complexity index is 214. The molecule has 0 aromatic heterocycles. The summed E-state index contributed by atoms with van der Waals surface area (Å²) >= 11 is 0. The highest BCUT2D eigenvalue weighted by molar-refractivity contribution is 4.80. The van der Waals surface area contributed by atoms with Crippen LogP contribution >= 0.6 is 0 Å². The lowest BCUT2D eigenvalue weighted by molar-refractivity contribution is 0.0820. The average molecular weight is 240 g/mol. The van der Waals surface area contributed by atoms with E-state index in [1.807, 2.05) is 0 Å². The Morgan fingerprint density at radius 3 is 2.59 bits per heavy atom. The first kappa shape index (κ1) is 13.3. The van der Waals surface area contributed by atoms with Crippen LogP contribution in [0.2, 0.25) is 0 Å². The Kier molecular flexibility index (Phi) is 5.26. The van der Waals surface area contributed by atoms with Gasteiger partial charge in [0.25, 0.3) is 0 Å². The predicted octanol–water partition coefficient (Wildman–Crippen LogP) is 1.61. The van der Waals surface area contributed by atoms with Crippen molar-refractivity contribution in [3.63, 3.8) is 0 Å². The molecule has 2 N–H and O–H groups in total. The first-order chi connectivity index (χ1) is 8.25. The molecule has 100 valence electrons. The molecule has 3 nitrogen and oxygen atoms in total. The van der Waals surface area contributed by atoms with Gasteiger partial charge in [-0.15, -0.1) is 0 Å². The van der Waals surface area contributed by atoms with Gasteiger partial charge in [0.2, 0.25) is 0 Å². The largest absolute Gasteiger partial charge is 0.393 e. The van der Waals surface area contributed by atoms with Crippen LogP contribution in [0.3, 0.4) is 0 Å². The molecule has 17 heavy (non-hydrogen) atoms. The van der Waals surface area contributed by atoms with Crippen LogP contribution < -0.4 is 5.32 Å². The summed E-state index contributed by atoms with van der Waals surface area (Å²) in [6, 6.07) is 0.776. The van der Waals surface area contributed by atoms with Gasteiger partial charge in [0, 0.05) is 19.1 Å². The molecule has 1 aliphatic heterocycles. The van der Waals surface area contributed by atoms with Crippen LogP contribution in [-0.4, -0.2) is 48.3 Å². The van der Waals surface area contributed by atoms with Gasteiger partial charge >= 0.3 is 0 Å². The number of nitrogens with one attached hydrogen (secondary N) is 1. The summed E-state index contributed by atoms with van der Waals surface area (Å²) < 4.78 is 0. The Morgan fingerprint density at radius 2 is 1.94 bits per heavy atom. The third-order valence-electron chi connectivity index (χ3n) is 4.48. The van der Waals surface area contributed by atoms with Gasteiger partial charge in [0.1, 0.15) is 0 Å². The molecular formula is C14H28N2O. The van der Waals surface area contributed by atoms with Crippen molar-refractivity contribution in [3.05, 3.63) is 0 Å². The van der Waals surface area contributed by atoms with Gasteiger partial charge in [-0.2, -0.15) is 0 Å². The molecule has 2 rings (SSSR count). The average Bonchev–Trinajstić information content (AvgIpc) is 2.73. The molecule has 2 unspecified atom stereocenters. The van der Waals surface area contributed by atoms with E-state index in [1.54, 1.807) is 0 Å². The molecule has 1 saturated heterocycles. The van der Waals surface area contributed by atoms with Crippen molar-refractivity contribution in [1.82, 2.24) is 10.2 Å². The summed E-state index contributed by atoms with van der Waals surface area (Å²) in [6.07, 6.45) is 7.32. The molecule has 1 aliphatic carbocycles. The van der Waals surface area contributed by atoms with E-state index in [-0.39, 0.29) is 6.10 Å². The molecule has 1 heterocycles. The van der Waals surface area contributed by atoms with E-state index in [0.29, 0.717) is 0 Å². The van der Waals surface area contributed by atoms with Crippen molar-refractivity contribution in [1.29, 1.82) is 0 Å². The fourth-order valence-corrected chi connectivity index (χ4v) is 3.18. The van der Waals surface area contributed by atoms with Crippen LogP contribution in [0, 0.1) is 5.92 Å². The Balaban J connectivity index is 1.51. The molecule has 0 spiro atoms. The van der Waals surface area contributed by atoms with Crippen molar-refractivity contribution in [2.24, 2.45) is 5.92 Å². The van der Waals surface area contributed by atoms with Gasteiger partial charge in [0.15, 0.2) is 0 Å². The maximum absolute atomic E-state index is 9.43. The molecule has 0 aromatic rings. The molecule has 0 radical (unpaired) electrons. The minimum atomic E-state index is -0.0382. The van der Waals surface area contributed by atoms with E-state index >= 15 is 0 Å². The third kappa shape index (κ3) is 4.23. The number of hydrogen-bond acceptors (Lipinski definition) is 3. The molecule has 2 fully saturated rings. The van der Waals surface area contributed by atoms with Crippen LogP contribution in [-0.2, 0) is 0 Å². The second kappa shape index (κ2) is 6.72. The van der Waals surface area contributed by atoms with Gasteiger partial charge < -0.3 is 15.3 Å². The first-order valence-electron chi connectivity index (χ1n) is 7.39. The van der Waals surface area contributed by atoms with E-state index in [2.05, 4.69) is 17.1 Å². The lowest BCUT2D eigenvalue weighted by Gasteiger charge is -2.29. The van der Waals surface area contributed by atoms with Crippen LogP contribution in [0.5, 0.6) is 0 Å². The number of piperidine rings is 1. The molecule has 2 aliphatic rings. The number of nitrogens with zero attached hydrogens (tertiary/aromatic N) is 1. The van der Waals surface area contributed by atoms with Gasteiger partial charge in [0.05, 0.1) is 6.10 Å². The number of rotatable bonds is 5. The van der Waals surface area contributed by atoms with Crippen molar-refractivity contribution >= 4 is 0 Å². The number of aliphatic hydroxyl groups excluding tert-OH is 1. The standard InChI is InChI=1S/C14H28N2O/c1-12-4-2-5-14(12)15-8-3-9-16-10-6-13(17)7-11-16/h12-15,17H,2-11H2,1H3. The lowest BCUT2D eigenvalue weighted by Crippen LogP contribution is -2.38. The van der Waals surface area contributed by atoms with E-state index in [0.717, 1.165) is 44.4 Å². The minimum absolute atomic E-state index is 0.0382. The van der Waals surface area contributed by atoms with Crippen LogP contribution in [0.1, 0.15) is 45.4 Å². The molecule has 0 aromatic carbocycles. The van der Waals surface area contributed by atoms with E-state index in [1.165, 1.54) is 32.2 Å². The third-order valence-corrected chi connectivity index (χ3v) is 4.48. The highest BCUT2D eigenvalue weighted by atomic mass is 16.3. The normalized spacial score (nSPS) is 32.1. The van der Waals surface area contributed by atoms with Crippen LogP contribution in [0.15, 0.2) is 0 Å². The lowest BCUT2D eigenvalue weighted by atomic mass is 10.1. The highest BCUT2D eigenvalue weighted by Gasteiger charge is 2.22. The Morgan fingerprint density at radius 1 is 1.18 bits per heavy atom. The summed E-state index contributed by atoms with van der Waals surface area (Å²) in [5, 5.41) is 13.1. The molecule has 1 saturated carbocycles. The van der Waals surface area contributed by atoms with Crippen molar-refractivity contribution in [2.45, 2.75) is 57.6 Å². The topological polar surface area (TPSA) is 35.5 Å². The first-order valence-corrected chi connectivity index (χ1v) is 7.39. The summed E-state index contributed by atoms with van der Waals surface area (Å²) in [6.45, 7) is 6.90. The number of hydrogen-bond donors (Lipinski definition) is 2. The predicted molar refractivity (Wildman–Crippen MR) is 71.1 cm³/mol. The highest BCUT2D eigenvalue weighted by Crippen LogP contribution is 2.24. The second-order valence-electron chi connectivity index (χ2n) is 5.90. The summed E-state index contributed by atoms with van der Waals surface area (Å²) in [7, 11) is 0. The smallest absolute Gasteiger partial charge is 0.0564 e. The minimum Gasteiger partial charge on any atom is -0.393 e. The quantitative estimate of drug-likeness (QED) is 0.717. The van der Waals surface area contributed by atoms with Gasteiger partial charge in [-0.1, -0.05) is 13.3 Å². The van der Waals surface area contributed by atoms with E-state index < -0.39 is 0 Å². The van der Waals surface area contributed by atoms with E-state index in [4.69, 9.17) is 0 Å². The second-order valence-corrected chi connectivity index (χ2v) is 5.90. The molecule has 0 bridgehead atoms. The van der Waals surface area contributed by atoms with E-state index in [9.17, 15) is 5.11 Å². The summed E-state index contributed by atoms with van der Waals surface area (Å²) in [4.78, 5) is 2.49. The fraction of sp³-hybridized carbons (Fsp3) is 1.00. The Labute approximate surface area is 106 Å². The molecule has 2 atom stereocenters. The number of likely N-dealkylation sites (tertiary alicyclic amines) is 1.